The Morgan fingerprint density at radius 2 is 1.96 bits per heavy atom. The minimum absolute atomic E-state index is 0.0854. The summed E-state index contributed by atoms with van der Waals surface area (Å²) in [5.74, 6) is 0.677. The Hall–Kier alpha value is -2.32. The maximum atomic E-state index is 13.2. The number of aryl methyl sites for hydroxylation is 2. The van der Waals surface area contributed by atoms with E-state index in [0.29, 0.717) is 5.16 Å². The van der Waals surface area contributed by atoms with Crippen LogP contribution in [0, 0.1) is 13.8 Å². The van der Waals surface area contributed by atoms with E-state index in [2.05, 4.69) is 36.9 Å². The largest absolute Gasteiger partial charge is 0.324 e. The molecule has 1 aliphatic rings. The fraction of sp³-hybridized carbons (Fsp3) is 0.211. The Labute approximate surface area is 169 Å². The molecule has 0 fully saturated rings. The Kier molecular flexibility index (Phi) is 4.92. The van der Waals surface area contributed by atoms with Gasteiger partial charge in [-0.25, -0.2) is 4.68 Å². The van der Waals surface area contributed by atoms with Crippen molar-refractivity contribution in [3.63, 3.8) is 0 Å². The molecule has 27 heavy (non-hydrogen) atoms. The van der Waals surface area contributed by atoms with Gasteiger partial charge in [-0.15, -0.1) is 10.2 Å². The summed E-state index contributed by atoms with van der Waals surface area (Å²) in [6, 6.07) is 15.6. The van der Waals surface area contributed by atoms with Gasteiger partial charge in [-0.05, 0) is 53.0 Å². The molecule has 0 bridgehead atoms. The first-order valence-corrected chi connectivity index (χ1v) is 10.2. The lowest BCUT2D eigenvalue weighted by Gasteiger charge is -2.32. The number of thioether (sulfide) groups is 1. The van der Waals surface area contributed by atoms with E-state index in [-0.39, 0.29) is 11.9 Å². The maximum Gasteiger partial charge on any atom is 0.240 e. The molecule has 2 atom stereocenters. The van der Waals surface area contributed by atoms with Crippen molar-refractivity contribution in [1.29, 1.82) is 0 Å². The minimum Gasteiger partial charge on any atom is -0.324 e. The number of anilines is 1. The monoisotopic (exact) mass is 443 g/mol. The van der Waals surface area contributed by atoms with E-state index in [1.807, 2.05) is 67.1 Å². The smallest absolute Gasteiger partial charge is 0.240 e. The van der Waals surface area contributed by atoms with Crippen molar-refractivity contribution in [2.75, 3.05) is 10.7 Å². The zero-order chi connectivity index (χ0) is 19.0. The zero-order valence-corrected chi connectivity index (χ0v) is 17.2. The second-order valence-electron chi connectivity index (χ2n) is 6.39. The lowest BCUT2D eigenvalue weighted by molar-refractivity contribution is -0.116. The molecule has 0 saturated carbocycles. The van der Waals surface area contributed by atoms with E-state index in [0.717, 1.165) is 27.1 Å². The topological polar surface area (TPSA) is 71.8 Å². The predicted octanol–water partition coefficient (Wildman–Crippen LogP) is 4.06. The standard InChI is InChI=1S/C19H18BrN5OS/c1-11-8-9-15(14(20)10-11)21-18(26)17-16(13-6-4-3-5-7-13)24-25-12(2)22-23-19(25)27-17/h3-10,16-17,24H,1-2H3,(H,21,26). The molecular weight excluding hydrogens is 426 g/mol. The third-order valence-corrected chi connectivity index (χ3v) is 6.27. The summed E-state index contributed by atoms with van der Waals surface area (Å²) >= 11 is 4.94. The van der Waals surface area contributed by atoms with Crippen molar-refractivity contribution < 1.29 is 4.79 Å². The van der Waals surface area contributed by atoms with Crippen LogP contribution in [0.3, 0.4) is 0 Å². The highest BCUT2D eigenvalue weighted by atomic mass is 79.9. The lowest BCUT2D eigenvalue weighted by Crippen LogP contribution is -2.41. The number of nitrogens with zero attached hydrogens (tertiary/aromatic N) is 3. The van der Waals surface area contributed by atoms with Gasteiger partial charge >= 0.3 is 0 Å². The van der Waals surface area contributed by atoms with Gasteiger partial charge < -0.3 is 10.7 Å². The molecule has 2 N–H and O–H groups in total. The van der Waals surface area contributed by atoms with Gasteiger partial charge in [0.2, 0.25) is 11.1 Å². The van der Waals surface area contributed by atoms with Gasteiger partial charge in [-0.3, -0.25) is 4.79 Å². The van der Waals surface area contributed by atoms with Crippen LogP contribution < -0.4 is 10.7 Å². The average Bonchev–Trinajstić information content (AvgIpc) is 3.04. The first kappa shape index (κ1) is 18.1. The van der Waals surface area contributed by atoms with Gasteiger partial charge in [-0.2, -0.15) is 0 Å². The number of hydrogen-bond acceptors (Lipinski definition) is 5. The third-order valence-electron chi connectivity index (χ3n) is 4.40. The summed E-state index contributed by atoms with van der Waals surface area (Å²) in [5.41, 5.74) is 6.31. The van der Waals surface area contributed by atoms with Crippen LogP contribution in [-0.2, 0) is 4.79 Å². The van der Waals surface area contributed by atoms with Crippen molar-refractivity contribution >= 4 is 39.3 Å². The van der Waals surface area contributed by atoms with E-state index in [4.69, 9.17) is 0 Å². The number of amides is 1. The molecule has 6 nitrogen and oxygen atoms in total. The van der Waals surface area contributed by atoms with Crippen LogP contribution >= 0.6 is 27.7 Å². The summed E-state index contributed by atoms with van der Waals surface area (Å²) in [6.07, 6.45) is 0. The number of nitrogens with one attached hydrogen (secondary N) is 2. The summed E-state index contributed by atoms with van der Waals surface area (Å²) in [7, 11) is 0. The van der Waals surface area contributed by atoms with Crippen molar-refractivity contribution in [2.45, 2.75) is 30.3 Å². The minimum atomic E-state index is -0.392. The molecule has 2 unspecified atom stereocenters. The predicted molar refractivity (Wildman–Crippen MR) is 110 cm³/mol. The molecule has 0 radical (unpaired) electrons. The second-order valence-corrected chi connectivity index (χ2v) is 8.36. The lowest BCUT2D eigenvalue weighted by atomic mass is 10.0. The molecule has 2 heterocycles. The quantitative estimate of drug-likeness (QED) is 0.638. The molecule has 0 aliphatic carbocycles. The number of hydrogen-bond donors (Lipinski definition) is 2. The highest BCUT2D eigenvalue weighted by Crippen LogP contribution is 2.37. The molecule has 1 aromatic heterocycles. The summed E-state index contributed by atoms with van der Waals surface area (Å²) in [5, 5.41) is 11.6. The first-order chi connectivity index (χ1) is 13.0. The third kappa shape index (κ3) is 3.59. The fourth-order valence-electron chi connectivity index (χ4n) is 3.00. The van der Waals surface area contributed by atoms with Gasteiger partial charge in [0.1, 0.15) is 11.1 Å². The molecule has 3 aromatic rings. The molecule has 1 amide bonds. The normalized spacial score (nSPS) is 18.5. The molecule has 0 saturated heterocycles. The highest BCUT2D eigenvalue weighted by Gasteiger charge is 2.37. The SMILES string of the molecule is Cc1ccc(NC(=O)C2Sc3nnc(C)n3NC2c2ccccc2)c(Br)c1. The number of carbonyl (C=O) groups excluding carboxylic acids is 1. The van der Waals surface area contributed by atoms with Crippen molar-refractivity contribution in [1.82, 2.24) is 14.9 Å². The number of halogens is 1. The van der Waals surface area contributed by atoms with Gasteiger partial charge in [0.25, 0.3) is 0 Å². The highest BCUT2D eigenvalue weighted by molar-refractivity contribution is 9.10. The van der Waals surface area contributed by atoms with Crippen LogP contribution in [0.4, 0.5) is 5.69 Å². The van der Waals surface area contributed by atoms with E-state index < -0.39 is 5.25 Å². The molecule has 4 rings (SSSR count). The van der Waals surface area contributed by atoms with Gasteiger partial charge in [0.05, 0.1) is 11.7 Å². The van der Waals surface area contributed by atoms with Crippen LogP contribution in [0.25, 0.3) is 0 Å². The second kappa shape index (κ2) is 7.36. The molecule has 0 spiro atoms. The van der Waals surface area contributed by atoms with Gasteiger partial charge in [-0.1, -0.05) is 48.2 Å². The fourth-order valence-corrected chi connectivity index (χ4v) is 4.71. The van der Waals surface area contributed by atoms with Crippen LogP contribution in [-0.4, -0.2) is 26.0 Å². The first-order valence-electron chi connectivity index (χ1n) is 8.50. The number of aromatic nitrogens is 3. The molecule has 138 valence electrons. The summed E-state index contributed by atoms with van der Waals surface area (Å²) in [4.78, 5) is 13.2. The summed E-state index contributed by atoms with van der Waals surface area (Å²) < 4.78 is 2.70. The summed E-state index contributed by atoms with van der Waals surface area (Å²) in [6.45, 7) is 3.90. The number of rotatable bonds is 3. The van der Waals surface area contributed by atoms with Crippen LogP contribution in [0.15, 0.2) is 58.2 Å². The van der Waals surface area contributed by atoms with Crippen LogP contribution in [0.1, 0.15) is 23.0 Å². The molecule has 2 aromatic carbocycles. The Morgan fingerprint density at radius 3 is 2.70 bits per heavy atom. The average molecular weight is 444 g/mol. The molecular formula is C19H18BrN5OS. The number of fused-ring (bicyclic) bond motifs is 1. The van der Waals surface area contributed by atoms with Crippen molar-refractivity contribution in [3.05, 3.63) is 70.0 Å². The van der Waals surface area contributed by atoms with Gasteiger partial charge in [0, 0.05) is 4.47 Å². The Morgan fingerprint density at radius 1 is 1.19 bits per heavy atom. The van der Waals surface area contributed by atoms with E-state index in [9.17, 15) is 4.79 Å². The van der Waals surface area contributed by atoms with E-state index in [1.54, 1.807) is 0 Å². The molecule has 8 heteroatoms. The van der Waals surface area contributed by atoms with Crippen LogP contribution in [0.5, 0.6) is 0 Å². The van der Waals surface area contributed by atoms with Crippen molar-refractivity contribution in [2.24, 2.45) is 0 Å². The zero-order valence-electron chi connectivity index (χ0n) is 14.8. The number of benzene rings is 2. The molecule has 1 aliphatic heterocycles. The number of carbonyl (C=O) groups is 1. The Balaban J connectivity index is 1.66. The van der Waals surface area contributed by atoms with E-state index >= 15 is 0 Å². The van der Waals surface area contributed by atoms with E-state index in [1.165, 1.54) is 11.8 Å². The van der Waals surface area contributed by atoms with Crippen molar-refractivity contribution in [3.8, 4) is 0 Å². The van der Waals surface area contributed by atoms with Crippen LogP contribution in [0.2, 0.25) is 0 Å². The maximum absolute atomic E-state index is 13.2. The van der Waals surface area contributed by atoms with Gasteiger partial charge in [0.15, 0.2) is 0 Å². The Bertz CT molecular complexity index is 991.